The van der Waals surface area contributed by atoms with E-state index in [0.717, 1.165) is 25.1 Å². The van der Waals surface area contributed by atoms with E-state index in [0.29, 0.717) is 18.2 Å². The maximum Gasteiger partial charge on any atom is 0.254 e. The van der Waals surface area contributed by atoms with Crippen LogP contribution in [-0.2, 0) is 9.53 Å². The summed E-state index contributed by atoms with van der Waals surface area (Å²) in [6.07, 6.45) is 10.1. The number of hydrogen-bond donors (Lipinski definition) is 1. The molecule has 8 nitrogen and oxygen atoms in total. The number of rotatable bonds is 5. The molecule has 3 heterocycles. The van der Waals surface area contributed by atoms with Crippen LogP contribution in [0.4, 0.5) is 11.6 Å². The van der Waals surface area contributed by atoms with Crippen molar-refractivity contribution in [2.45, 2.75) is 38.2 Å². The molecule has 2 aromatic heterocycles. The van der Waals surface area contributed by atoms with Crippen molar-refractivity contribution >= 4 is 17.5 Å². The lowest BCUT2D eigenvalue weighted by atomic mass is 9.93. The monoisotopic (exact) mass is 356 g/mol. The molecule has 0 aromatic carbocycles. The first-order chi connectivity index (χ1) is 12.5. The van der Waals surface area contributed by atoms with Crippen molar-refractivity contribution in [3.63, 3.8) is 0 Å². The van der Waals surface area contributed by atoms with Crippen molar-refractivity contribution in [2.24, 2.45) is 0 Å². The molecule has 1 aliphatic rings. The minimum atomic E-state index is -0.828. The largest absolute Gasteiger partial charge is 0.369 e. The molecule has 2 aromatic rings. The Kier molecular flexibility index (Phi) is 5.41. The minimum Gasteiger partial charge on any atom is -0.369 e. The van der Waals surface area contributed by atoms with Gasteiger partial charge in [-0.2, -0.15) is 0 Å². The summed E-state index contributed by atoms with van der Waals surface area (Å²) in [4.78, 5) is 31.8. The van der Waals surface area contributed by atoms with Gasteiger partial charge >= 0.3 is 0 Å². The fourth-order valence-electron chi connectivity index (χ4n) is 3.08. The Bertz CT molecular complexity index is 752. The molecule has 1 fully saturated rings. The van der Waals surface area contributed by atoms with E-state index in [-0.39, 0.29) is 11.8 Å². The van der Waals surface area contributed by atoms with Gasteiger partial charge in [0.05, 0.1) is 11.9 Å². The van der Waals surface area contributed by atoms with Gasteiger partial charge in [-0.05, 0) is 26.7 Å². The predicted octanol–water partition coefficient (Wildman–Crippen LogP) is 2.14. The quantitative estimate of drug-likeness (QED) is 0.877. The number of nitrogens with one attached hydrogen (secondary N) is 1. The number of piperidine rings is 1. The zero-order valence-corrected chi connectivity index (χ0v) is 15.3. The first kappa shape index (κ1) is 18.2. The molecular formula is C18H24N6O2. The number of hydrogen-bond acceptors (Lipinski definition) is 7. The second kappa shape index (κ2) is 7.74. The Morgan fingerprint density at radius 2 is 2.00 bits per heavy atom. The van der Waals surface area contributed by atoms with Crippen LogP contribution in [0.3, 0.4) is 0 Å². The normalized spacial score (nSPS) is 17.8. The zero-order chi connectivity index (χ0) is 18.6. The highest BCUT2D eigenvalue weighted by Gasteiger charge is 2.35. The van der Waals surface area contributed by atoms with Crippen molar-refractivity contribution < 1.29 is 9.53 Å². The maximum absolute atomic E-state index is 12.7. The summed E-state index contributed by atoms with van der Waals surface area (Å²) in [6, 6.07) is 0. The third-order valence-electron chi connectivity index (χ3n) is 4.66. The van der Waals surface area contributed by atoms with Crippen LogP contribution in [0.2, 0.25) is 0 Å². The van der Waals surface area contributed by atoms with Crippen LogP contribution in [0.5, 0.6) is 0 Å². The second-order valence-corrected chi connectivity index (χ2v) is 6.81. The van der Waals surface area contributed by atoms with Crippen molar-refractivity contribution in [1.82, 2.24) is 24.8 Å². The second-order valence-electron chi connectivity index (χ2n) is 6.81. The van der Waals surface area contributed by atoms with Crippen LogP contribution < -0.4 is 5.32 Å². The first-order valence-corrected chi connectivity index (χ1v) is 8.69. The lowest BCUT2D eigenvalue weighted by Gasteiger charge is -2.37. The number of ether oxygens (including phenoxy) is 1. The summed E-state index contributed by atoms with van der Waals surface area (Å²) in [5, 5.41) is 3.18. The molecule has 1 N–H and O–H groups in total. The van der Waals surface area contributed by atoms with Gasteiger partial charge in [0, 0.05) is 50.9 Å². The van der Waals surface area contributed by atoms with E-state index in [1.54, 1.807) is 51.9 Å². The Morgan fingerprint density at radius 1 is 1.23 bits per heavy atom. The number of aromatic nitrogens is 4. The summed E-state index contributed by atoms with van der Waals surface area (Å²) in [5.41, 5.74) is 0.0104. The van der Waals surface area contributed by atoms with Gasteiger partial charge in [0.25, 0.3) is 5.91 Å². The first-order valence-electron chi connectivity index (χ1n) is 8.69. The Balaban J connectivity index is 1.80. The van der Waals surface area contributed by atoms with Gasteiger partial charge in [-0.25, -0.2) is 9.97 Å². The lowest BCUT2D eigenvalue weighted by Crippen LogP contribution is -2.49. The lowest BCUT2D eigenvalue weighted by molar-refractivity contribution is -0.152. The number of methoxy groups -OCH3 is 1. The molecule has 0 spiro atoms. The number of carbonyl (C=O) groups excluding carboxylic acids is 1. The van der Waals surface area contributed by atoms with Crippen molar-refractivity contribution in [1.29, 1.82) is 0 Å². The predicted molar refractivity (Wildman–Crippen MR) is 97.0 cm³/mol. The summed E-state index contributed by atoms with van der Waals surface area (Å²) in [5.74, 6) is 1.36. The van der Waals surface area contributed by atoms with Gasteiger partial charge in [0.2, 0.25) is 0 Å². The summed E-state index contributed by atoms with van der Waals surface area (Å²) in [7, 11) is 1.56. The van der Waals surface area contributed by atoms with Crippen LogP contribution in [-0.4, -0.2) is 56.5 Å². The molecule has 3 rings (SSSR count). The van der Waals surface area contributed by atoms with Gasteiger partial charge in [0.1, 0.15) is 11.4 Å². The fourth-order valence-corrected chi connectivity index (χ4v) is 3.08. The van der Waals surface area contributed by atoms with Gasteiger partial charge in [0.15, 0.2) is 5.82 Å². The molecule has 138 valence electrons. The van der Waals surface area contributed by atoms with Crippen LogP contribution in [0.25, 0.3) is 0 Å². The molecule has 1 saturated heterocycles. The van der Waals surface area contributed by atoms with E-state index in [4.69, 9.17) is 4.74 Å². The number of likely N-dealkylation sites (tertiary alicyclic amines) is 1. The molecular weight excluding hydrogens is 332 g/mol. The molecule has 0 aliphatic carbocycles. The third kappa shape index (κ3) is 3.96. The number of nitrogens with zero attached hydrogens (tertiary/aromatic N) is 5. The zero-order valence-electron chi connectivity index (χ0n) is 15.3. The topological polar surface area (TPSA) is 93.1 Å². The molecule has 1 aliphatic heterocycles. The standard InChI is InChI=1S/C18H24N6O2/c1-18(2,26-3)17(25)24-10-4-5-13(12-24)15-16(22-9-8-21-15)23-14-11-19-6-7-20-14/h6-9,11,13H,4-5,10,12H2,1-3H3,(H,20,22,23)/t13-/m0/s1. The van der Waals surface area contributed by atoms with Gasteiger partial charge in [-0.15, -0.1) is 0 Å². The Labute approximate surface area is 153 Å². The smallest absolute Gasteiger partial charge is 0.254 e. The molecule has 1 amide bonds. The van der Waals surface area contributed by atoms with Crippen LogP contribution in [0.15, 0.2) is 31.0 Å². The Hall–Kier alpha value is -2.61. The molecule has 0 saturated carbocycles. The van der Waals surface area contributed by atoms with E-state index in [2.05, 4.69) is 25.3 Å². The van der Waals surface area contributed by atoms with Crippen molar-refractivity contribution in [3.05, 3.63) is 36.7 Å². The van der Waals surface area contributed by atoms with E-state index in [1.807, 2.05) is 4.90 Å². The summed E-state index contributed by atoms with van der Waals surface area (Å²) in [6.45, 7) is 4.92. The number of carbonyl (C=O) groups is 1. The van der Waals surface area contributed by atoms with Gasteiger partial charge in [-0.3, -0.25) is 14.8 Å². The molecule has 0 bridgehead atoms. The van der Waals surface area contributed by atoms with E-state index >= 15 is 0 Å². The van der Waals surface area contributed by atoms with Crippen molar-refractivity contribution in [2.75, 3.05) is 25.5 Å². The molecule has 26 heavy (non-hydrogen) atoms. The van der Waals surface area contributed by atoms with Crippen LogP contribution in [0.1, 0.15) is 38.3 Å². The Morgan fingerprint density at radius 3 is 2.73 bits per heavy atom. The minimum absolute atomic E-state index is 0.00275. The van der Waals surface area contributed by atoms with Crippen molar-refractivity contribution in [3.8, 4) is 0 Å². The number of amides is 1. The number of anilines is 2. The van der Waals surface area contributed by atoms with Gasteiger partial charge in [-0.1, -0.05) is 0 Å². The van der Waals surface area contributed by atoms with E-state index in [9.17, 15) is 4.79 Å². The third-order valence-corrected chi connectivity index (χ3v) is 4.66. The average molecular weight is 356 g/mol. The van der Waals surface area contributed by atoms with E-state index < -0.39 is 5.60 Å². The van der Waals surface area contributed by atoms with E-state index in [1.165, 1.54) is 0 Å². The fraction of sp³-hybridized carbons (Fsp3) is 0.500. The van der Waals surface area contributed by atoms with Gasteiger partial charge < -0.3 is 15.0 Å². The molecule has 0 radical (unpaired) electrons. The van der Waals surface area contributed by atoms with Crippen LogP contribution in [0, 0.1) is 0 Å². The summed E-state index contributed by atoms with van der Waals surface area (Å²) < 4.78 is 5.35. The maximum atomic E-state index is 12.7. The average Bonchev–Trinajstić information content (AvgIpc) is 2.68. The highest BCUT2D eigenvalue weighted by Crippen LogP contribution is 2.31. The summed E-state index contributed by atoms with van der Waals surface area (Å²) >= 11 is 0. The molecule has 0 unspecified atom stereocenters. The molecule has 8 heteroatoms. The highest BCUT2D eigenvalue weighted by atomic mass is 16.5. The highest BCUT2D eigenvalue weighted by molar-refractivity contribution is 5.84. The van der Waals surface area contributed by atoms with Crippen LogP contribution >= 0.6 is 0 Å². The molecule has 1 atom stereocenters. The SMILES string of the molecule is COC(C)(C)C(=O)N1CCC[C@H](c2nccnc2Nc2cnccn2)C1.